The molecule has 0 unspecified atom stereocenters. The normalized spacial score (nSPS) is 10.9. The minimum Gasteiger partial charge on any atom is -0.228 e. The molecule has 0 saturated heterocycles. The molecule has 0 saturated carbocycles. The fourth-order valence-corrected chi connectivity index (χ4v) is 2.46. The molecule has 3 heterocycles. The number of pyridine rings is 2. The molecule has 0 radical (unpaired) electrons. The third kappa shape index (κ3) is 1.99. The Bertz CT molecular complexity index is 681. The van der Waals surface area contributed by atoms with E-state index < -0.39 is 5.95 Å². The van der Waals surface area contributed by atoms with Crippen molar-refractivity contribution in [3.05, 3.63) is 41.6 Å². The Morgan fingerprint density at radius 2 is 2.00 bits per heavy atom. The summed E-state index contributed by atoms with van der Waals surface area (Å²) in [7, 11) is 0. The molecule has 0 atom stereocenters. The Morgan fingerprint density at radius 1 is 1.12 bits per heavy atom. The van der Waals surface area contributed by atoms with E-state index >= 15 is 0 Å². The Balaban J connectivity index is 2.14. The Hall–Kier alpha value is -1.59. The summed E-state index contributed by atoms with van der Waals surface area (Å²) >= 11 is 7.26. The summed E-state index contributed by atoms with van der Waals surface area (Å²) in [5.74, 6) is -0.504. The number of hydrogen-bond donors (Lipinski definition) is 0. The molecule has 3 rings (SSSR count). The van der Waals surface area contributed by atoms with Crippen LogP contribution in [0.4, 0.5) is 4.39 Å². The first-order chi connectivity index (χ1) is 8.22. The summed E-state index contributed by atoms with van der Waals surface area (Å²) in [5.41, 5.74) is 1.37. The first kappa shape index (κ1) is 10.6. The van der Waals surface area contributed by atoms with Crippen molar-refractivity contribution >= 4 is 33.3 Å². The molecule has 6 heteroatoms. The third-order valence-corrected chi connectivity index (χ3v) is 3.46. The molecule has 0 aliphatic heterocycles. The predicted molar refractivity (Wildman–Crippen MR) is 65.6 cm³/mol. The van der Waals surface area contributed by atoms with Crippen LogP contribution in [0.25, 0.3) is 20.9 Å². The highest BCUT2D eigenvalue weighted by Crippen LogP contribution is 2.29. The van der Waals surface area contributed by atoms with E-state index in [4.69, 9.17) is 11.6 Å². The van der Waals surface area contributed by atoms with Crippen molar-refractivity contribution in [1.82, 2.24) is 15.0 Å². The monoisotopic (exact) mass is 265 g/mol. The van der Waals surface area contributed by atoms with Crippen LogP contribution in [0.15, 0.2) is 30.5 Å². The zero-order valence-electron chi connectivity index (χ0n) is 8.39. The molecule has 0 amide bonds. The van der Waals surface area contributed by atoms with Gasteiger partial charge in [0.15, 0.2) is 5.65 Å². The molecular weight excluding hydrogens is 261 g/mol. The van der Waals surface area contributed by atoms with Gasteiger partial charge in [-0.2, -0.15) is 4.39 Å². The molecule has 0 aromatic carbocycles. The van der Waals surface area contributed by atoms with E-state index in [1.54, 1.807) is 12.1 Å². The summed E-state index contributed by atoms with van der Waals surface area (Å²) in [6, 6.07) is 6.53. The standard InChI is InChI=1S/C11H5ClFN3S/c12-8-3-2-7-10(15-8)16-11(17-7)6-1-4-9(13)14-5-6/h1-5H. The van der Waals surface area contributed by atoms with Crippen LogP contribution in [0.5, 0.6) is 0 Å². The molecule has 3 nitrogen and oxygen atoms in total. The number of rotatable bonds is 1. The summed E-state index contributed by atoms with van der Waals surface area (Å²) in [4.78, 5) is 12.0. The molecule has 0 aliphatic carbocycles. The quantitative estimate of drug-likeness (QED) is 0.632. The van der Waals surface area contributed by atoms with Gasteiger partial charge < -0.3 is 0 Å². The minimum absolute atomic E-state index is 0.409. The molecule has 3 aromatic heterocycles. The summed E-state index contributed by atoms with van der Waals surface area (Å²) in [5, 5.41) is 1.16. The van der Waals surface area contributed by atoms with Gasteiger partial charge in [-0.15, -0.1) is 11.3 Å². The molecule has 0 aliphatic rings. The van der Waals surface area contributed by atoms with Gasteiger partial charge in [0.25, 0.3) is 0 Å². The second-order valence-electron chi connectivity index (χ2n) is 3.34. The number of halogens is 2. The second kappa shape index (κ2) is 4.01. The maximum absolute atomic E-state index is 12.7. The van der Waals surface area contributed by atoms with Crippen LogP contribution < -0.4 is 0 Å². The molecule has 3 aromatic rings. The SMILES string of the molecule is Fc1ccc(-c2nc3nc(Cl)ccc3s2)cn1. The molecule has 0 N–H and O–H groups in total. The second-order valence-corrected chi connectivity index (χ2v) is 4.76. The van der Waals surface area contributed by atoms with Crippen molar-refractivity contribution in [1.29, 1.82) is 0 Å². The topological polar surface area (TPSA) is 38.7 Å². The van der Waals surface area contributed by atoms with Crippen molar-refractivity contribution in [2.24, 2.45) is 0 Å². The van der Waals surface area contributed by atoms with Gasteiger partial charge in [-0.25, -0.2) is 15.0 Å². The van der Waals surface area contributed by atoms with Gasteiger partial charge in [0.1, 0.15) is 10.2 Å². The van der Waals surface area contributed by atoms with Gasteiger partial charge in [0.05, 0.1) is 4.70 Å². The smallest absolute Gasteiger partial charge is 0.212 e. The number of fused-ring (bicyclic) bond motifs is 1. The molecule has 0 fully saturated rings. The lowest BCUT2D eigenvalue weighted by Crippen LogP contribution is -1.83. The predicted octanol–water partition coefficient (Wildman–Crippen LogP) is 3.55. The molecule has 0 bridgehead atoms. The van der Waals surface area contributed by atoms with E-state index in [1.165, 1.54) is 23.6 Å². The van der Waals surface area contributed by atoms with Gasteiger partial charge in [0, 0.05) is 11.8 Å². The Morgan fingerprint density at radius 3 is 2.76 bits per heavy atom. The first-order valence-electron chi connectivity index (χ1n) is 4.77. The van der Waals surface area contributed by atoms with Crippen LogP contribution in [0.1, 0.15) is 0 Å². The minimum atomic E-state index is -0.504. The van der Waals surface area contributed by atoms with Crippen molar-refractivity contribution in [3.63, 3.8) is 0 Å². The maximum Gasteiger partial charge on any atom is 0.212 e. The summed E-state index contributed by atoms with van der Waals surface area (Å²) in [6.45, 7) is 0. The fraction of sp³-hybridized carbons (Fsp3) is 0. The Labute approximate surface area is 105 Å². The first-order valence-corrected chi connectivity index (χ1v) is 5.97. The average Bonchev–Trinajstić information content (AvgIpc) is 2.72. The van der Waals surface area contributed by atoms with Gasteiger partial charge >= 0.3 is 0 Å². The zero-order valence-corrected chi connectivity index (χ0v) is 9.96. The van der Waals surface area contributed by atoms with E-state index in [0.717, 1.165) is 15.3 Å². The van der Waals surface area contributed by atoms with Crippen LogP contribution in [0, 0.1) is 5.95 Å². The zero-order chi connectivity index (χ0) is 11.8. The van der Waals surface area contributed by atoms with Crippen LogP contribution in [0.2, 0.25) is 5.15 Å². The number of aromatic nitrogens is 3. The molecule has 0 spiro atoms. The lowest BCUT2D eigenvalue weighted by molar-refractivity contribution is 0.584. The maximum atomic E-state index is 12.7. The van der Waals surface area contributed by atoms with Crippen LogP contribution >= 0.6 is 22.9 Å². The number of thiazole rings is 1. The van der Waals surface area contributed by atoms with E-state index in [-0.39, 0.29) is 0 Å². The summed E-state index contributed by atoms with van der Waals surface area (Å²) < 4.78 is 13.6. The lowest BCUT2D eigenvalue weighted by atomic mass is 10.3. The average molecular weight is 266 g/mol. The summed E-state index contributed by atoms with van der Waals surface area (Å²) in [6.07, 6.45) is 1.45. The van der Waals surface area contributed by atoms with Gasteiger partial charge in [-0.3, -0.25) is 0 Å². The highest BCUT2D eigenvalue weighted by molar-refractivity contribution is 7.21. The van der Waals surface area contributed by atoms with Crippen molar-refractivity contribution in [2.45, 2.75) is 0 Å². The Kier molecular flexibility index (Phi) is 2.49. The lowest BCUT2D eigenvalue weighted by Gasteiger charge is -1.93. The van der Waals surface area contributed by atoms with Crippen LogP contribution in [-0.4, -0.2) is 15.0 Å². The van der Waals surface area contributed by atoms with Crippen molar-refractivity contribution in [3.8, 4) is 10.6 Å². The van der Waals surface area contributed by atoms with Crippen LogP contribution in [0.3, 0.4) is 0 Å². The van der Waals surface area contributed by atoms with Crippen molar-refractivity contribution < 1.29 is 4.39 Å². The number of nitrogens with zero attached hydrogens (tertiary/aromatic N) is 3. The highest BCUT2D eigenvalue weighted by atomic mass is 35.5. The fourth-order valence-electron chi connectivity index (χ4n) is 1.42. The number of hydrogen-bond acceptors (Lipinski definition) is 4. The van der Waals surface area contributed by atoms with Gasteiger partial charge in [-0.05, 0) is 24.3 Å². The largest absolute Gasteiger partial charge is 0.228 e. The molecule has 84 valence electrons. The van der Waals surface area contributed by atoms with E-state index in [0.29, 0.717) is 10.8 Å². The van der Waals surface area contributed by atoms with E-state index in [2.05, 4.69) is 15.0 Å². The van der Waals surface area contributed by atoms with Gasteiger partial charge in [0.2, 0.25) is 5.95 Å². The molecule has 17 heavy (non-hydrogen) atoms. The van der Waals surface area contributed by atoms with Crippen molar-refractivity contribution in [2.75, 3.05) is 0 Å². The third-order valence-electron chi connectivity index (χ3n) is 2.19. The van der Waals surface area contributed by atoms with Gasteiger partial charge in [-0.1, -0.05) is 11.6 Å². The van der Waals surface area contributed by atoms with E-state index in [1.807, 2.05) is 6.07 Å². The molecular formula is C11H5ClFN3S. The van der Waals surface area contributed by atoms with Crippen LogP contribution in [-0.2, 0) is 0 Å². The highest BCUT2D eigenvalue weighted by Gasteiger charge is 2.08. The van der Waals surface area contributed by atoms with E-state index in [9.17, 15) is 4.39 Å².